The molecule has 0 saturated carbocycles. The highest BCUT2D eigenvalue weighted by molar-refractivity contribution is 7.92. The molecule has 120 valence electrons. The number of anilines is 2. The quantitative estimate of drug-likeness (QED) is 0.479. The topological polar surface area (TPSA) is 172 Å². The van der Waals surface area contributed by atoms with Crippen LogP contribution in [-0.2, 0) is 9.84 Å². The first-order chi connectivity index (χ1) is 10.7. The minimum atomic E-state index is -4.43. The number of hydrogen-bond acceptors (Lipinski definition) is 8. The molecule has 0 spiro atoms. The number of nitrogens with zero attached hydrogens (tertiary/aromatic N) is 2. The van der Waals surface area contributed by atoms with Gasteiger partial charge in [0.15, 0.2) is 0 Å². The second kappa shape index (κ2) is 5.53. The number of nitro groups is 2. The van der Waals surface area contributed by atoms with Crippen LogP contribution in [0.2, 0.25) is 0 Å². The second-order valence-corrected chi connectivity index (χ2v) is 6.29. The predicted octanol–water partition coefficient (Wildman–Crippen LogP) is 1.50. The fraction of sp³-hybridized carbons (Fsp3) is 0. The molecule has 11 heteroatoms. The molecule has 0 aliphatic carbocycles. The van der Waals surface area contributed by atoms with Crippen molar-refractivity contribution < 1.29 is 18.3 Å². The van der Waals surface area contributed by atoms with E-state index in [9.17, 15) is 28.6 Å². The van der Waals surface area contributed by atoms with Gasteiger partial charge in [-0.2, -0.15) is 0 Å². The Hall–Kier alpha value is -3.21. The molecule has 0 saturated heterocycles. The summed E-state index contributed by atoms with van der Waals surface area (Å²) in [5.41, 5.74) is 9.32. The lowest BCUT2D eigenvalue weighted by molar-refractivity contribution is -0.396. The molecule has 0 atom stereocenters. The van der Waals surface area contributed by atoms with Gasteiger partial charge in [0.25, 0.3) is 11.4 Å². The van der Waals surface area contributed by atoms with Gasteiger partial charge in [-0.15, -0.1) is 0 Å². The zero-order valence-electron chi connectivity index (χ0n) is 11.4. The van der Waals surface area contributed by atoms with Gasteiger partial charge < -0.3 is 11.5 Å². The van der Waals surface area contributed by atoms with E-state index < -0.39 is 40.8 Å². The lowest BCUT2D eigenvalue weighted by Gasteiger charge is -2.10. The molecule has 0 aliphatic heterocycles. The van der Waals surface area contributed by atoms with Crippen molar-refractivity contribution in [2.24, 2.45) is 0 Å². The van der Waals surface area contributed by atoms with Crippen LogP contribution in [-0.4, -0.2) is 18.3 Å². The predicted molar refractivity (Wildman–Crippen MR) is 80.5 cm³/mol. The Labute approximate surface area is 129 Å². The maximum Gasteiger partial charge on any atom is 0.295 e. The Morgan fingerprint density at radius 1 is 0.913 bits per heavy atom. The Morgan fingerprint density at radius 2 is 1.48 bits per heavy atom. The average molecular weight is 338 g/mol. The first kappa shape index (κ1) is 16.2. The molecular weight excluding hydrogens is 328 g/mol. The largest absolute Gasteiger partial charge is 0.398 e. The fourth-order valence-electron chi connectivity index (χ4n) is 1.98. The molecule has 2 aromatic carbocycles. The number of sulfone groups is 1. The van der Waals surface area contributed by atoms with E-state index in [2.05, 4.69) is 0 Å². The zero-order chi connectivity index (χ0) is 17.4. The molecule has 2 aromatic rings. The maximum absolute atomic E-state index is 12.6. The Bertz CT molecular complexity index is 905. The van der Waals surface area contributed by atoms with E-state index >= 15 is 0 Å². The molecule has 4 N–H and O–H groups in total. The standard InChI is InChI=1S/C12H10N4O6S/c13-8-2-1-3-9(14)12(8)23(21,22)11-5-4-7(15(17)18)6-10(11)16(19)20/h1-6H,13-14H2. The van der Waals surface area contributed by atoms with Gasteiger partial charge in [-0.1, -0.05) is 6.07 Å². The van der Waals surface area contributed by atoms with E-state index in [0.29, 0.717) is 6.07 Å². The van der Waals surface area contributed by atoms with E-state index in [1.165, 1.54) is 18.2 Å². The number of rotatable bonds is 4. The average Bonchev–Trinajstić information content (AvgIpc) is 2.46. The normalized spacial score (nSPS) is 11.1. The van der Waals surface area contributed by atoms with E-state index in [1.807, 2.05) is 0 Å². The third-order valence-corrected chi connectivity index (χ3v) is 4.92. The third kappa shape index (κ3) is 2.76. The van der Waals surface area contributed by atoms with Gasteiger partial charge in [0.05, 0.1) is 27.3 Å². The van der Waals surface area contributed by atoms with Crippen molar-refractivity contribution in [3.63, 3.8) is 0 Å². The smallest absolute Gasteiger partial charge is 0.295 e. The van der Waals surface area contributed by atoms with Crippen LogP contribution in [0, 0.1) is 20.2 Å². The molecule has 0 fully saturated rings. The van der Waals surface area contributed by atoms with Crippen LogP contribution in [0.1, 0.15) is 0 Å². The molecule has 0 amide bonds. The van der Waals surface area contributed by atoms with Crippen LogP contribution in [0.3, 0.4) is 0 Å². The SMILES string of the molecule is Nc1cccc(N)c1S(=O)(=O)c1ccc([N+](=O)[O-])cc1[N+](=O)[O-]. The molecule has 0 radical (unpaired) electrons. The van der Waals surface area contributed by atoms with Gasteiger partial charge in [0.1, 0.15) is 9.79 Å². The monoisotopic (exact) mass is 338 g/mol. The molecule has 0 heterocycles. The molecule has 0 aromatic heterocycles. The summed E-state index contributed by atoms with van der Waals surface area (Å²) < 4.78 is 25.3. The molecule has 0 aliphatic rings. The van der Waals surface area contributed by atoms with Crippen LogP contribution >= 0.6 is 0 Å². The summed E-state index contributed by atoms with van der Waals surface area (Å²) in [5.74, 6) is 0. The molecule has 0 unspecified atom stereocenters. The number of hydrogen-bond donors (Lipinski definition) is 2. The molecule has 10 nitrogen and oxygen atoms in total. The number of non-ortho nitro benzene ring substituents is 1. The summed E-state index contributed by atoms with van der Waals surface area (Å²) in [7, 11) is -4.43. The van der Waals surface area contributed by atoms with Gasteiger partial charge >= 0.3 is 0 Å². The van der Waals surface area contributed by atoms with Crippen LogP contribution < -0.4 is 11.5 Å². The van der Waals surface area contributed by atoms with Crippen molar-refractivity contribution in [2.75, 3.05) is 11.5 Å². The summed E-state index contributed by atoms with van der Waals surface area (Å²) in [5, 5.41) is 21.8. The van der Waals surface area contributed by atoms with Gasteiger partial charge in [-0.05, 0) is 18.2 Å². The number of nitrogens with two attached hydrogens (primary N) is 2. The highest BCUT2D eigenvalue weighted by Crippen LogP contribution is 2.36. The van der Waals surface area contributed by atoms with E-state index in [1.54, 1.807) is 0 Å². The highest BCUT2D eigenvalue weighted by Gasteiger charge is 2.32. The van der Waals surface area contributed by atoms with Crippen molar-refractivity contribution in [1.29, 1.82) is 0 Å². The van der Waals surface area contributed by atoms with Crippen LogP contribution in [0.5, 0.6) is 0 Å². The zero-order valence-corrected chi connectivity index (χ0v) is 12.2. The molecule has 2 rings (SSSR count). The van der Waals surface area contributed by atoms with Crippen molar-refractivity contribution in [3.8, 4) is 0 Å². The van der Waals surface area contributed by atoms with Crippen molar-refractivity contribution in [1.82, 2.24) is 0 Å². The van der Waals surface area contributed by atoms with E-state index in [0.717, 1.165) is 12.1 Å². The summed E-state index contributed by atoms with van der Waals surface area (Å²) in [6, 6.07) is 6.20. The minimum absolute atomic E-state index is 0.183. The van der Waals surface area contributed by atoms with Crippen LogP contribution in [0.25, 0.3) is 0 Å². The number of nitrogen functional groups attached to an aromatic ring is 2. The van der Waals surface area contributed by atoms with Crippen molar-refractivity contribution >= 4 is 32.6 Å². The Kier molecular flexibility index (Phi) is 3.89. The van der Waals surface area contributed by atoms with E-state index in [-0.39, 0.29) is 11.4 Å². The Balaban J connectivity index is 2.79. The first-order valence-corrected chi connectivity index (χ1v) is 7.46. The third-order valence-electron chi connectivity index (χ3n) is 2.98. The highest BCUT2D eigenvalue weighted by atomic mass is 32.2. The molecule has 0 bridgehead atoms. The minimum Gasteiger partial charge on any atom is -0.398 e. The second-order valence-electron chi connectivity index (χ2n) is 4.44. The van der Waals surface area contributed by atoms with Gasteiger partial charge in [-0.3, -0.25) is 20.2 Å². The lowest BCUT2D eigenvalue weighted by Crippen LogP contribution is -2.11. The van der Waals surface area contributed by atoms with Crippen molar-refractivity contribution in [2.45, 2.75) is 9.79 Å². The Morgan fingerprint density at radius 3 is 1.96 bits per heavy atom. The molecular formula is C12H10N4O6S. The van der Waals surface area contributed by atoms with Gasteiger partial charge in [0.2, 0.25) is 9.84 Å². The number of nitro benzene ring substituents is 2. The fourth-order valence-corrected chi connectivity index (χ4v) is 3.62. The van der Waals surface area contributed by atoms with Crippen LogP contribution in [0.15, 0.2) is 46.2 Å². The lowest BCUT2D eigenvalue weighted by atomic mass is 10.3. The van der Waals surface area contributed by atoms with Crippen LogP contribution in [0.4, 0.5) is 22.7 Å². The molecule has 23 heavy (non-hydrogen) atoms. The maximum atomic E-state index is 12.6. The summed E-state index contributed by atoms with van der Waals surface area (Å²) >= 11 is 0. The van der Waals surface area contributed by atoms with E-state index in [4.69, 9.17) is 11.5 Å². The number of benzene rings is 2. The van der Waals surface area contributed by atoms with Gasteiger partial charge in [0, 0.05) is 6.07 Å². The van der Waals surface area contributed by atoms with Crippen molar-refractivity contribution in [3.05, 3.63) is 56.6 Å². The van der Waals surface area contributed by atoms with Gasteiger partial charge in [-0.25, -0.2) is 8.42 Å². The first-order valence-electron chi connectivity index (χ1n) is 5.98. The summed E-state index contributed by atoms with van der Waals surface area (Å²) in [6.45, 7) is 0. The summed E-state index contributed by atoms with van der Waals surface area (Å²) in [6.07, 6.45) is 0. The summed E-state index contributed by atoms with van der Waals surface area (Å²) in [4.78, 5) is 18.7.